The van der Waals surface area contributed by atoms with Crippen molar-refractivity contribution < 1.29 is 28.5 Å². The predicted molar refractivity (Wildman–Crippen MR) is 133 cm³/mol. The second kappa shape index (κ2) is 10.6. The molecule has 182 valence electrons. The fraction of sp³-hybridized carbons (Fsp3) is 0.143. The Morgan fingerprint density at radius 1 is 0.944 bits per heavy atom. The lowest BCUT2D eigenvalue weighted by molar-refractivity contribution is -0.128. The number of hydrogen-bond donors (Lipinski definition) is 1. The first kappa shape index (κ1) is 24.2. The van der Waals surface area contributed by atoms with Gasteiger partial charge in [-0.25, -0.2) is 4.79 Å². The molecule has 4 rings (SSSR count). The number of allylic oxidation sites excluding steroid dienone is 1. The molecule has 0 saturated carbocycles. The third-order valence-corrected chi connectivity index (χ3v) is 5.68. The van der Waals surface area contributed by atoms with Crippen LogP contribution in [0.25, 0.3) is 6.08 Å². The van der Waals surface area contributed by atoms with E-state index in [1.165, 1.54) is 6.08 Å². The lowest BCUT2D eigenvalue weighted by atomic mass is 9.83. The van der Waals surface area contributed by atoms with E-state index in [0.717, 1.165) is 16.9 Å². The number of hydrogen-bond acceptors (Lipinski definition) is 8. The average Bonchev–Trinajstić information content (AvgIpc) is 2.90. The molecule has 1 aliphatic heterocycles. The van der Waals surface area contributed by atoms with Crippen molar-refractivity contribution in [3.8, 4) is 34.8 Å². The summed E-state index contributed by atoms with van der Waals surface area (Å²) in [4.78, 5) is 12.4. The van der Waals surface area contributed by atoms with Crippen molar-refractivity contribution >= 4 is 12.0 Å². The van der Waals surface area contributed by atoms with Gasteiger partial charge in [-0.1, -0.05) is 24.3 Å². The molecule has 2 N–H and O–H groups in total. The molecule has 0 amide bonds. The minimum absolute atomic E-state index is 0.0207. The molecule has 1 aliphatic rings. The molecule has 0 aliphatic carbocycles. The fourth-order valence-corrected chi connectivity index (χ4v) is 3.90. The van der Waals surface area contributed by atoms with E-state index in [1.54, 1.807) is 69.9 Å². The second-order valence-electron chi connectivity index (χ2n) is 7.77. The van der Waals surface area contributed by atoms with Crippen LogP contribution in [0.1, 0.15) is 22.6 Å². The molecule has 3 aromatic carbocycles. The van der Waals surface area contributed by atoms with Gasteiger partial charge < -0.3 is 29.4 Å². The third kappa shape index (κ3) is 4.95. The molecule has 8 heteroatoms. The highest BCUT2D eigenvalue weighted by molar-refractivity contribution is 5.88. The van der Waals surface area contributed by atoms with Gasteiger partial charge in [-0.15, -0.1) is 0 Å². The Bertz CT molecular complexity index is 1390. The van der Waals surface area contributed by atoms with Gasteiger partial charge in [0, 0.05) is 17.7 Å². The topological polar surface area (TPSA) is 113 Å². The van der Waals surface area contributed by atoms with Crippen molar-refractivity contribution in [2.75, 3.05) is 21.3 Å². The van der Waals surface area contributed by atoms with E-state index in [0.29, 0.717) is 22.8 Å². The van der Waals surface area contributed by atoms with E-state index in [4.69, 9.17) is 29.4 Å². The Labute approximate surface area is 208 Å². The molecule has 1 unspecified atom stereocenters. The Hall–Kier alpha value is -4.90. The van der Waals surface area contributed by atoms with Crippen LogP contribution in [-0.2, 0) is 4.79 Å². The number of carbonyl (C=O) groups excluding carboxylic acids is 1. The summed E-state index contributed by atoms with van der Waals surface area (Å²) in [6, 6.07) is 19.8. The maximum Gasteiger partial charge on any atom is 0.336 e. The highest BCUT2D eigenvalue weighted by Gasteiger charge is 2.31. The number of rotatable bonds is 7. The molecule has 3 aromatic rings. The number of carbonyl (C=O) groups is 1. The Morgan fingerprint density at radius 2 is 1.67 bits per heavy atom. The average molecular weight is 485 g/mol. The lowest BCUT2D eigenvalue weighted by Crippen LogP contribution is -2.21. The predicted octanol–water partition coefficient (Wildman–Crippen LogP) is 4.55. The van der Waals surface area contributed by atoms with Gasteiger partial charge in [-0.3, -0.25) is 0 Å². The van der Waals surface area contributed by atoms with Crippen LogP contribution in [0.2, 0.25) is 0 Å². The van der Waals surface area contributed by atoms with E-state index in [1.807, 2.05) is 18.2 Å². The monoisotopic (exact) mass is 484 g/mol. The van der Waals surface area contributed by atoms with Gasteiger partial charge in [0.1, 0.15) is 28.9 Å². The van der Waals surface area contributed by atoms with Crippen molar-refractivity contribution in [2.24, 2.45) is 5.73 Å². The van der Waals surface area contributed by atoms with E-state index in [9.17, 15) is 10.1 Å². The van der Waals surface area contributed by atoms with Crippen LogP contribution in [0.4, 0.5) is 0 Å². The zero-order valence-electron chi connectivity index (χ0n) is 20.0. The standard InChI is InChI=1S/C28H24N2O6/c1-32-19-8-4-17(5-9-19)6-13-26(31)35-20-10-11-21-24(15-20)36-28(30)22(16-29)27(21)18-7-12-23(33-2)25(14-18)34-3/h4-15,27H,30H2,1-3H3/b13-6+. The minimum Gasteiger partial charge on any atom is -0.497 e. The molecule has 0 fully saturated rings. The summed E-state index contributed by atoms with van der Waals surface area (Å²) in [6.45, 7) is 0. The van der Waals surface area contributed by atoms with Crippen LogP contribution in [0, 0.1) is 11.3 Å². The summed E-state index contributed by atoms with van der Waals surface area (Å²) < 4.78 is 27.0. The van der Waals surface area contributed by atoms with Crippen molar-refractivity contribution in [3.05, 3.63) is 94.9 Å². The van der Waals surface area contributed by atoms with Crippen molar-refractivity contribution in [1.29, 1.82) is 5.26 Å². The molecule has 0 radical (unpaired) electrons. The first-order chi connectivity index (χ1) is 17.5. The van der Waals surface area contributed by atoms with Gasteiger partial charge in [-0.05, 0) is 47.5 Å². The summed E-state index contributed by atoms with van der Waals surface area (Å²) in [5.41, 5.74) is 8.64. The molecule has 1 heterocycles. The SMILES string of the molecule is COc1ccc(/C=C/C(=O)Oc2ccc3c(c2)OC(N)=C(C#N)C3c2ccc(OC)c(OC)c2)cc1. The molecule has 0 saturated heterocycles. The summed E-state index contributed by atoms with van der Waals surface area (Å²) in [5, 5.41) is 9.79. The number of nitrogens with two attached hydrogens (primary N) is 1. The van der Waals surface area contributed by atoms with Crippen LogP contribution in [0.5, 0.6) is 28.7 Å². The third-order valence-electron chi connectivity index (χ3n) is 5.68. The summed E-state index contributed by atoms with van der Waals surface area (Å²) in [6.07, 6.45) is 2.97. The first-order valence-corrected chi connectivity index (χ1v) is 10.9. The van der Waals surface area contributed by atoms with E-state index in [-0.39, 0.29) is 17.2 Å². The van der Waals surface area contributed by atoms with Gasteiger partial charge >= 0.3 is 5.97 Å². The molecule has 0 bridgehead atoms. The normalized spacial score (nSPS) is 14.4. The number of esters is 1. The zero-order valence-corrected chi connectivity index (χ0v) is 20.0. The summed E-state index contributed by atoms with van der Waals surface area (Å²) >= 11 is 0. The van der Waals surface area contributed by atoms with Gasteiger partial charge in [0.25, 0.3) is 0 Å². The maximum atomic E-state index is 12.4. The summed E-state index contributed by atoms with van der Waals surface area (Å²) in [5.74, 6) is 1.39. The van der Waals surface area contributed by atoms with Crippen LogP contribution >= 0.6 is 0 Å². The first-order valence-electron chi connectivity index (χ1n) is 10.9. The lowest BCUT2D eigenvalue weighted by Gasteiger charge is -2.27. The molecular formula is C28H24N2O6. The second-order valence-corrected chi connectivity index (χ2v) is 7.77. The molecule has 0 aromatic heterocycles. The number of ether oxygens (including phenoxy) is 5. The number of nitrogens with zero attached hydrogens (tertiary/aromatic N) is 1. The smallest absolute Gasteiger partial charge is 0.336 e. The number of fused-ring (bicyclic) bond motifs is 1. The highest BCUT2D eigenvalue weighted by Crippen LogP contribution is 2.45. The molecular weight excluding hydrogens is 460 g/mol. The van der Waals surface area contributed by atoms with Gasteiger partial charge in [0.05, 0.1) is 27.2 Å². The Balaban J connectivity index is 1.60. The zero-order chi connectivity index (χ0) is 25.7. The van der Waals surface area contributed by atoms with Gasteiger partial charge in [0.15, 0.2) is 11.5 Å². The number of methoxy groups -OCH3 is 3. The van der Waals surface area contributed by atoms with Crippen molar-refractivity contribution in [3.63, 3.8) is 0 Å². The van der Waals surface area contributed by atoms with Crippen molar-refractivity contribution in [1.82, 2.24) is 0 Å². The van der Waals surface area contributed by atoms with Crippen molar-refractivity contribution in [2.45, 2.75) is 5.92 Å². The van der Waals surface area contributed by atoms with Crippen LogP contribution in [-0.4, -0.2) is 27.3 Å². The molecule has 36 heavy (non-hydrogen) atoms. The Kier molecular flexibility index (Phi) is 7.12. The summed E-state index contributed by atoms with van der Waals surface area (Å²) in [7, 11) is 4.68. The van der Waals surface area contributed by atoms with E-state index < -0.39 is 11.9 Å². The molecule has 1 atom stereocenters. The molecule has 8 nitrogen and oxygen atoms in total. The fourth-order valence-electron chi connectivity index (χ4n) is 3.90. The van der Waals surface area contributed by atoms with Gasteiger partial charge in [0.2, 0.25) is 5.88 Å². The van der Waals surface area contributed by atoms with E-state index >= 15 is 0 Å². The molecule has 0 spiro atoms. The van der Waals surface area contributed by atoms with Gasteiger partial charge in [-0.2, -0.15) is 5.26 Å². The highest BCUT2D eigenvalue weighted by atomic mass is 16.5. The quantitative estimate of drug-likeness (QED) is 0.295. The Morgan fingerprint density at radius 3 is 2.33 bits per heavy atom. The van der Waals surface area contributed by atoms with Crippen LogP contribution < -0.4 is 29.4 Å². The maximum absolute atomic E-state index is 12.4. The number of nitriles is 1. The minimum atomic E-state index is -0.556. The van der Waals surface area contributed by atoms with Crippen LogP contribution in [0.15, 0.2) is 78.2 Å². The number of benzene rings is 3. The van der Waals surface area contributed by atoms with Crippen LogP contribution in [0.3, 0.4) is 0 Å². The largest absolute Gasteiger partial charge is 0.497 e. The van der Waals surface area contributed by atoms with E-state index in [2.05, 4.69) is 6.07 Å².